The Bertz CT molecular complexity index is 375. The molecule has 2 unspecified atom stereocenters. The van der Waals surface area contributed by atoms with Crippen LogP contribution in [-0.4, -0.2) is 34.7 Å². The molecule has 1 aromatic rings. The van der Waals surface area contributed by atoms with Gasteiger partial charge in [-0.15, -0.1) is 11.3 Å². The molecule has 3 nitrogen and oxygen atoms in total. The van der Waals surface area contributed by atoms with E-state index >= 15 is 0 Å². The van der Waals surface area contributed by atoms with E-state index in [1.807, 2.05) is 23.1 Å². The smallest absolute Gasteiger partial charge is 0.0900 e. The van der Waals surface area contributed by atoms with Crippen molar-refractivity contribution in [3.05, 3.63) is 15.6 Å². The predicted octanol–water partition coefficient (Wildman–Crippen LogP) is 2.53. The van der Waals surface area contributed by atoms with Gasteiger partial charge in [0.15, 0.2) is 0 Å². The zero-order valence-corrected chi connectivity index (χ0v) is 12.7. The number of hydrogen-bond acceptors (Lipinski definition) is 5. The van der Waals surface area contributed by atoms with Gasteiger partial charge in [-0.2, -0.15) is 11.8 Å². The summed E-state index contributed by atoms with van der Waals surface area (Å²) in [6.07, 6.45) is 6.51. The van der Waals surface area contributed by atoms with Gasteiger partial charge in [-0.05, 0) is 38.9 Å². The second-order valence-corrected chi connectivity index (χ2v) is 6.97. The molecule has 0 saturated heterocycles. The van der Waals surface area contributed by atoms with Gasteiger partial charge >= 0.3 is 0 Å². The highest BCUT2D eigenvalue weighted by Crippen LogP contribution is 2.34. The molecule has 0 amide bonds. The molecule has 0 aliphatic heterocycles. The summed E-state index contributed by atoms with van der Waals surface area (Å²) in [7, 11) is 0. The van der Waals surface area contributed by atoms with Crippen LogP contribution >= 0.6 is 23.1 Å². The lowest BCUT2D eigenvalue weighted by atomic mass is 9.97. The van der Waals surface area contributed by atoms with E-state index < -0.39 is 0 Å². The number of nitrogens with zero attached hydrogens (tertiary/aromatic N) is 1. The molecule has 102 valence electrons. The molecule has 1 heterocycles. The van der Waals surface area contributed by atoms with Crippen LogP contribution in [0.2, 0.25) is 0 Å². The molecule has 2 atom stereocenters. The Morgan fingerprint density at radius 2 is 2.44 bits per heavy atom. The number of aromatic nitrogens is 1. The number of fused-ring (bicyclic) bond motifs is 1. The van der Waals surface area contributed by atoms with Gasteiger partial charge in [-0.3, -0.25) is 0 Å². The van der Waals surface area contributed by atoms with Crippen LogP contribution < -0.4 is 5.32 Å². The van der Waals surface area contributed by atoms with Gasteiger partial charge in [0.05, 0.1) is 10.7 Å². The number of rotatable bonds is 6. The van der Waals surface area contributed by atoms with Gasteiger partial charge in [0.2, 0.25) is 0 Å². The number of aryl methyl sites for hydroxylation is 2. The normalized spacial score (nSPS) is 20.7. The largest absolute Gasteiger partial charge is 0.396 e. The van der Waals surface area contributed by atoms with Crippen LogP contribution in [0.4, 0.5) is 0 Å². The molecular formula is C13H22N2OS2. The average molecular weight is 286 g/mol. The molecule has 0 saturated carbocycles. The Balaban J connectivity index is 2.04. The van der Waals surface area contributed by atoms with E-state index in [4.69, 9.17) is 5.11 Å². The van der Waals surface area contributed by atoms with Crippen molar-refractivity contribution in [3.63, 3.8) is 0 Å². The van der Waals surface area contributed by atoms with Crippen molar-refractivity contribution in [1.82, 2.24) is 10.3 Å². The van der Waals surface area contributed by atoms with E-state index in [1.54, 1.807) is 0 Å². The van der Waals surface area contributed by atoms with E-state index in [9.17, 15) is 0 Å². The number of thiazole rings is 1. The lowest BCUT2D eigenvalue weighted by Gasteiger charge is -2.27. The first kappa shape index (κ1) is 14.3. The molecular weight excluding hydrogens is 264 g/mol. The van der Waals surface area contributed by atoms with Crippen molar-refractivity contribution in [3.8, 4) is 0 Å². The minimum Gasteiger partial charge on any atom is -0.396 e. The van der Waals surface area contributed by atoms with Crippen molar-refractivity contribution in [2.24, 2.45) is 0 Å². The summed E-state index contributed by atoms with van der Waals surface area (Å²) in [5, 5.41) is 14.0. The number of nitrogens with one attached hydrogen (secondary N) is 1. The number of thioether (sulfide) groups is 1. The quantitative estimate of drug-likeness (QED) is 0.843. The highest BCUT2D eigenvalue weighted by atomic mass is 32.2. The molecule has 1 aliphatic carbocycles. The summed E-state index contributed by atoms with van der Waals surface area (Å²) in [6, 6.07) is 0.854. The fourth-order valence-corrected chi connectivity index (χ4v) is 4.29. The minimum absolute atomic E-state index is 0.263. The maximum atomic E-state index is 9.13. The molecule has 5 heteroatoms. The Kier molecular flexibility index (Phi) is 5.48. The summed E-state index contributed by atoms with van der Waals surface area (Å²) in [6.45, 7) is 2.35. The number of hydrogen-bond donors (Lipinski definition) is 2. The van der Waals surface area contributed by atoms with Gasteiger partial charge in [0.25, 0.3) is 0 Å². The molecule has 0 radical (unpaired) electrons. The number of aliphatic hydroxyl groups excluding tert-OH is 1. The third kappa shape index (κ3) is 3.47. The van der Waals surface area contributed by atoms with Crippen molar-refractivity contribution < 1.29 is 5.11 Å². The fourth-order valence-electron chi connectivity index (χ4n) is 2.56. The Morgan fingerprint density at radius 3 is 3.17 bits per heavy atom. The van der Waals surface area contributed by atoms with Crippen LogP contribution in [0, 0.1) is 6.92 Å². The van der Waals surface area contributed by atoms with E-state index in [0.29, 0.717) is 12.1 Å². The second kappa shape index (κ2) is 6.89. The third-order valence-electron chi connectivity index (χ3n) is 3.34. The van der Waals surface area contributed by atoms with Crippen LogP contribution in [0.15, 0.2) is 0 Å². The van der Waals surface area contributed by atoms with Gasteiger partial charge < -0.3 is 10.4 Å². The summed E-state index contributed by atoms with van der Waals surface area (Å²) < 4.78 is 0. The standard InChI is InChI=1S/C13H22N2OS2/c1-9-14-11-4-3-5-12(13(11)18-9)15-10(6-7-16)8-17-2/h10,12,15-16H,3-8H2,1-2H3. The zero-order valence-electron chi connectivity index (χ0n) is 11.1. The molecule has 0 bridgehead atoms. The summed E-state index contributed by atoms with van der Waals surface area (Å²) in [5.41, 5.74) is 1.30. The van der Waals surface area contributed by atoms with Gasteiger partial charge in [0, 0.05) is 29.3 Å². The van der Waals surface area contributed by atoms with E-state index in [0.717, 1.165) is 18.6 Å². The molecule has 0 spiro atoms. The van der Waals surface area contributed by atoms with Crippen molar-refractivity contribution in [2.45, 2.75) is 44.7 Å². The monoisotopic (exact) mass is 286 g/mol. The highest BCUT2D eigenvalue weighted by Gasteiger charge is 2.25. The second-order valence-electron chi connectivity index (χ2n) is 4.82. The van der Waals surface area contributed by atoms with Crippen LogP contribution in [0.5, 0.6) is 0 Å². The number of aliphatic hydroxyl groups is 1. The summed E-state index contributed by atoms with van der Waals surface area (Å²) in [4.78, 5) is 6.06. The summed E-state index contributed by atoms with van der Waals surface area (Å²) in [5.74, 6) is 1.06. The summed E-state index contributed by atoms with van der Waals surface area (Å²) >= 11 is 3.67. The average Bonchev–Trinajstić information content (AvgIpc) is 2.71. The first-order valence-electron chi connectivity index (χ1n) is 6.56. The SMILES string of the molecule is CSCC(CCO)NC1CCCc2nc(C)sc21. The molecule has 0 fully saturated rings. The minimum atomic E-state index is 0.263. The highest BCUT2D eigenvalue weighted by molar-refractivity contribution is 7.98. The van der Waals surface area contributed by atoms with E-state index in [2.05, 4.69) is 23.5 Å². The fraction of sp³-hybridized carbons (Fsp3) is 0.769. The Labute approximate surface area is 117 Å². The van der Waals surface area contributed by atoms with Crippen LogP contribution in [-0.2, 0) is 6.42 Å². The molecule has 1 aromatic heterocycles. The van der Waals surface area contributed by atoms with Crippen molar-refractivity contribution in [1.29, 1.82) is 0 Å². The first-order valence-corrected chi connectivity index (χ1v) is 8.77. The van der Waals surface area contributed by atoms with Gasteiger partial charge in [-0.1, -0.05) is 0 Å². The maximum Gasteiger partial charge on any atom is 0.0900 e. The van der Waals surface area contributed by atoms with E-state index in [1.165, 1.54) is 28.4 Å². The lowest BCUT2D eigenvalue weighted by molar-refractivity contribution is 0.262. The Morgan fingerprint density at radius 1 is 1.61 bits per heavy atom. The predicted molar refractivity (Wildman–Crippen MR) is 79.5 cm³/mol. The molecule has 1 aliphatic rings. The molecule has 18 heavy (non-hydrogen) atoms. The van der Waals surface area contributed by atoms with E-state index in [-0.39, 0.29) is 6.61 Å². The van der Waals surface area contributed by atoms with Crippen LogP contribution in [0.3, 0.4) is 0 Å². The lowest BCUT2D eigenvalue weighted by Crippen LogP contribution is -2.36. The van der Waals surface area contributed by atoms with Gasteiger partial charge in [0.1, 0.15) is 0 Å². The van der Waals surface area contributed by atoms with Crippen LogP contribution in [0.25, 0.3) is 0 Å². The van der Waals surface area contributed by atoms with Crippen molar-refractivity contribution in [2.75, 3.05) is 18.6 Å². The zero-order chi connectivity index (χ0) is 13.0. The molecule has 0 aromatic carbocycles. The van der Waals surface area contributed by atoms with Gasteiger partial charge in [-0.25, -0.2) is 4.98 Å². The Hall–Kier alpha value is -0.100. The molecule has 2 N–H and O–H groups in total. The van der Waals surface area contributed by atoms with Crippen molar-refractivity contribution >= 4 is 23.1 Å². The third-order valence-corrected chi connectivity index (χ3v) is 5.20. The molecule has 2 rings (SSSR count). The van der Waals surface area contributed by atoms with Crippen LogP contribution in [0.1, 0.15) is 40.9 Å². The topological polar surface area (TPSA) is 45.1 Å². The maximum absolute atomic E-state index is 9.13. The first-order chi connectivity index (χ1) is 8.74.